The molecule has 58 heavy (non-hydrogen) atoms. The minimum atomic E-state index is -7.26. The molecule has 0 aromatic heterocycles. The molecular weight excluding hydrogens is 949 g/mol. The van der Waals surface area contributed by atoms with Crippen molar-refractivity contribution in [2.75, 3.05) is 17.3 Å². The maximum atomic E-state index is 13.9. The molecule has 0 bridgehead atoms. The number of aromatic hydroxyl groups is 1. The van der Waals surface area contributed by atoms with Gasteiger partial charge in [0.2, 0.25) is 0 Å². The molecule has 0 aliphatic rings. The van der Waals surface area contributed by atoms with Crippen LogP contribution in [0, 0.1) is 0 Å². The van der Waals surface area contributed by atoms with Gasteiger partial charge in [-0.3, -0.25) is 0 Å². The van der Waals surface area contributed by atoms with Crippen molar-refractivity contribution in [1.82, 2.24) is 0 Å². The van der Waals surface area contributed by atoms with Crippen molar-refractivity contribution in [2.45, 2.75) is 108 Å². The quantitative estimate of drug-likeness (QED) is 0.0978. The third-order valence-electron chi connectivity index (χ3n) is 7.42. The van der Waals surface area contributed by atoms with Crippen molar-refractivity contribution in [3.05, 3.63) is 28.8 Å². The topological polar surface area (TPSA) is 20.2 Å². The smallest absolute Gasteiger partial charge is 0.460 e. The van der Waals surface area contributed by atoms with Gasteiger partial charge in [-0.1, -0.05) is 12.1 Å². The largest absolute Gasteiger partial charge is 0.507 e. The molecule has 1 aromatic carbocycles. The molecule has 0 aliphatic heterocycles. The van der Waals surface area contributed by atoms with E-state index in [4.69, 9.17) is 0 Å². The lowest BCUT2D eigenvalue weighted by Gasteiger charge is -2.33. The van der Waals surface area contributed by atoms with E-state index in [2.05, 4.69) is 0 Å². The Bertz CT molecular complexity index is 1440. The van der Waals surface area contributed by atoms with Crippen LogP contribution in [0.5, 0.6) is 5.75 Å². The molecule has 0 atom stereocenters. The Balaban J connectivity index is 3.31. The molecule has 0 spiro atoms. The summed E-state index contributed by atoms with van der Waals surface area (Å²) in [6, 6.07) is 1.43. The molecule has 0 radical (unpaired) electrons. The second-order valence-electron chi connectivity index (χ2n) is 11.7. The van der Waals surface area contributed by atoms with E-state index in [1.54, 1.807) is 0 Å². The molecule has 342 valence electrons. The van der Waals surface area contributed by atoms with Crippen LogP contribution in [0.4, 0.5) is 119 Å². The van der Waals surface area contributed by atoms with Crippen molar-refractivity contribution in [2.24, 2.45) is 0 Å². The Morgan fingerprint density at radius 3 is 0.793 bits per heavy atom. The van der Waals surface area contributed by atoms with Crippen molar-refractivity contribution in [3.63, 3.8) is 0 Å². The first-order valence-corrected chi connectivity index (χ1v) is 18.0. The summed E-state index contributed by atoms with van der Waals surface area (Å²) in [5.41, 5.74) is -1.64. The van der Waals surface area contributed by atoms with E-state index in [0.717, 1.165) is 0 Å². The predicted molar refractivity (Wildman–Crippen MR) is 153 cm³/mol. The van der Waals surface area contributed by atoms with E-state index < -0.39 is 142 Å². The van der Waals surface area contributed by atoms with E-state index in [1.807, 2.05) is 0 Å². The van der Waals surface area contributed by atoms with E-state index in [0.29, 0.717) is 12.1 Å². The number of hydrogen-bond acceptors (Lipinski definition) is 4. The Kier molecular flexibility index (Phi) is 16.4. The second kappa shape index (κ2) is 17.5. The molecule has 1 nitrogen and oxygen atoms in total. The van der Waals surface area contributed by atoms with Gasteiger partial charge in [0.25, 0.3) is 0 Å². The summed E-state index contributed by atoms with van der Waals surface area (Å²) >= 11 is -0.0127. The number of thioether (sulfide) groups is 3. The van der Waals surface area contributed by atoms with Gasteiger partial charge in [-0.05, 0) is 22.8 Å². The van der Waals surface area contributed by atoms with Crippen LogP contribution in [0.2, 0.25) is 0 Å². The third kappa shape index (κ3) is 10.8. The predicted octanol–water partition coefficient (Wildman–Crippen LogP) is 13.7. The third-order valence-corrected chi connectivity index (χ3v) is 10.5. The maximum absolute atomic E-state index is 13.9. The van der Waals surface area contributed by atoms with Gasteiger partial charge in [-0.25, -0.2) is 0 Å². The zero-order chi connectivity index (χ0) is 46.2. The summed E-state index contributed by atoms with van der Waals surface area (Å²) in [6.45, 7) is 0. The van der Waals surface area contributed by atoms with Gasteiger partial charge < -0.3 is 5.11 Å². The SMILES string of the molecule is Oc1c(CSCCC(F)(F)C(F)(F)C(F)(F)C(F)(F)F)cc(CSCCC(F)(F)C(F)(F)C(F)(F)C(F)(F)F)cc1CSCCC(F)(F)C(F)(F)C(F)(F)C(F)(F)F. The summed E-state index contributed by atoms with van der Waals surface area (Å²) in [5, 5.41) is 10.5. The lowest BCUT2D eigenvalue weighted by molar-refractivity contribution is -0.396. The van der Waals surface area contributed by atoms with Crippen molar-refractivity contribution < 1.29 is 124 Å². The summed E-state index contributed by atoms with van der Waals surface area (Å²) in [5.74, 6) is -69.1. The van der Waals surface area contributed by atoms with Gasteiger partial charge in [-0.15, -0.1) is 0 Å². The van der Waals surface area contributed by atoms with Crippen LogP contribution in [0.3, 0.4) is 0 Å². The van der Waals surface area contributed by atoms with Crippen LogP contribution in [-0.4, -0.2) is 94.2 Å². The molecule has 1 aromatic rings. The molecule has 1 rings (SSSR count). The molecule has 1 N–H and O–H groups in total. The van der Waals surface area contributed by atoms with E-state index >= 15 is 0 Å². The number of alkyl halides is 27. The highest BCUT2D eigenvalue weighted by atomic mass is 32.2. The molecule has 0 saturated heterocycles. The fourth-order valence-corrected chi connectivity index (χ4v) is 6.90. The van der Waals surface area contributed by atoms with Crippen LogP contribution in [-0.2, 0) is 17.3 Å². The van der Waals surface area contributed by atoms with Crippen molar-refractivity contribution in [1.29, 1.82) is 0 Å². The fraction of sp³-hybridized carbons (Fsp3) is 0.778. The summed E-state index contributed by atoms with van der Waals surface area (Å²) in [6.07, 6.45) is -28.7. The second-order valence-corrected chi connectivity index (χ2v) is 15.0. The zero-order valence-electron chi connectivity index (χ0n) is 27.4. The first-order chi connectivity index (χ1) is 25.4. The summed E-state index contributed by atoms with van der Waals surface area (Å²) in [7, 11) is 0. The molecule has 0 heterocycles. The first-order valence-electron chi connectivity index (χ1n) is 14.6. The first kappa shape index (κ1) is 54.2. The van der Waals surface area contributed by atoms with E-state index in [1.165, 1.54) is 0 Å². The maximum Gasteiger partial charge on any atom is 0.460 e. The molecule has 0 fully saturated rings. The Hall–Kier alpha value is -1.82. The highest BCUT2D eigenvalue weighted by molar-refractivity contribution is 7.99. The standard InChI is InChI=1S/C27H21F27OS3/c28-16(29,19(34,35)22(40,41)25(46,47)48)1-4-56-9-12-7-13(10-57-5-2-17(30,31)20(36,37)23(42,43)26(49,50)51)15(55)14(8-12)11-58-6-3-18(32,33)21(38,39)24(44,45)27(52,53)54/h7-8,55H,1-6,9-11H2. The number of hydrogen-bond donors (Lipinski definition) is 1. The number of rotatable bonds is 21. The lowest BCUT2D eigenvalue weighted by atomic mass is 10.0. The van der Waals surface area contributed by atoms with Gasteiger partial charge in [0, 0.05) is 47.6 Å². The summed E-state index contributed by atoms with van der Waals surface area (Å²) in [4.78, 5) is 0. The van der Waals surface area contributed by atoms with Crippen LogP contribution in [0.25, 0.3) is 0 Å². The number of phenols is 1. The molecule has 0 unspecified atom stereocenters. The van der Waals surface area contributed by atoms with Crippen LogP contribution in [0.1, 0.15) is 36.0 Å². The lowest BCUT2D eigenvalue weighted by Crippen LogP contribution is -2.60. The van der Waals surface area contributed by atoms with Gasteiger partial charge in [0.1, 0.15) is 5.75 Å². The average molecular weight is 971 g/mol. The zero-order valence-corrected chi connectivity index (χ0v) is 29.8. The van der Waals surface area contributed by atoms with Gasteiger partial charge in [0.05, 0.1) is 0 Å². The van der Waals surface area contributed by atoms with Crippen molar-refractivity contribution in [3.8, 4) is 5.75 Å². The molecule has 0 saturated carbocycles. The Labute approximate surface area is 319 Å². The highest BCUT2D eigenvalue weighted by Gasteiger charge is 2.83. The Morgan fingerprint density at radius 2 is 0.569 bits per heavy atom. The van der Waals surface area contributed by atoms with E-state index in [9.17, 15) is 124 Å². The van der Waals surface area contributed by atoms with Gasteiger partial charge in [-0.2, -0.15) is 154 Å². The Morgan fingerprint density at radius 1 is 0.345 bits per heavy atom. The number of phenolic OH excluding ortho intramolecular Hbond substituents is 1. The minimum Gasteiger partial charge on any atom is -0.507 e. The number of halogens is 27. The van der Waals surface area contributed by atoms with Crippen LogP contribution < -0.4 is 0 Å². The van der Waals surface area contributed by atoms with Gasteiger partial charge in [0.15, 0.2) is 0 Å². The van der Waals surface area contributed by atoms with Crippen LogP contribution in [0.15, 0.2) is 12.1 Å². The summed E-state index contributed by atoms with van der Waals surface area (Å²) < 4.78 is 354. The number of benzene rings is 1. The molecule has 0 aliphatic carbocycles. The van der Waals surface area contributed by atoms with Gasteiger partial charge >= 0.3 is 71.8 Å². The molecular formula is C27H21F27OS3. The van der Waals surface area contributed by atoms with Crippen LogP contribution >= 0.6 is 35.3 Å². The average Bonchev–Trinajstić information content (AvgIpc) is 3.02. The monoisotopic (exact) mass is 970 g/mol. The molecule has 0 amide bonds. The highest BCUT2D eigenvalue weighted by Crippen LogP contribution is 2.57. The fourth-order valence-electron chi connectivity index (χ4n) is 3.98. The van der Waals surface area contributed by atoms with E-state index in [-0.39, 0.29) is 40.8 Å². The van der Waals surface area contributed by atoms with Crippen molar-refractivity contribution >= 4 is 35.3 Å². The molecule has 31 heteroatoms. The minimum absolute atomic E-state index is 0.0276. The normalized spacial score (nSPS) is 15.4.